The van der Waals surface area contributed by atoms with E-state index in [0.29, 0.717) is 5.92 Å². The highest BCUT2D eigenvalue weighted by Crippen LogP contribution is 2.28. The van der Waals surface area contributed by atoms with Crippen molar-refractivity contribution in [1.29, 1.82) is 0 Å². The fourth-order valence-corrected chi connectivity index (χ4v) is 3.25. The molecule has 1 fully saturated rings. The van der Waals surface area contributed by atoms with Crippen molar-refractivity contribution < 1.29 is 9.90 Å². The van der Waals surface area contributed by atoms with Crippen LogP contribution < -0.4 is 4.90 Å². The first-order valence-corrected chi connectivity index (χ1v) is 8.43. The molecule has 2 aromatic heterocycles. The van der Waals surface area contributed by atoms with Crippen molar-refractivity contribution in [3.8, 4) is 0 Å². The summed E-state index contributed by atoms with van der Waals surface area (Å²) in [7, 11) is 6.05. The van der Waals surface area contributed by atoms with Gasteiger partial charge in [0.25, 0.3) is 0 Å². The van der Waals surface area contributed by atoms with E-state index in [9.17, 15) is 4.79 Å². The van der Waals surface area contributed by atoms with Crippen LogP contribution in [0.2, 0.25) is 0 Å². The van der Waals surface area contributed by atoms with Gasteiger partial charge in [0.2, 0.25) is 0 Å². The molecular weight excluding hydrogens is 320 g/mol. The average molecular weight is 344 g/mol. The van der Waals surface area contributed by atoms with Crippen molar-refractivity contribution >= 4 is 11.8 Å². The zero-order chi connectivity index (χ0) is 18.0. The maximum Gasteiger partial charge on any atom is 0.337 e. The summed E-state index contributed by atoms with van der Waals surface area (Å²) < 4.78 is 2.09. The van der Waals surface area contributed by atoms with Crippen molar-refractivity contribution in [1.82, 2.24) is 24.6 Å². The molecule has 0 saturated carbocycles. The van der Waals surface area contributed by atoms with Crippen molar-refractivity contribution in [2.45, 2.75) is 25.3 Å². The quantitative estimate of drug-likeness (QED) is 0.876. The van der Waals surface area contributed by atoms with E-state index in [4.69, 9.17) is 5.11 Å². The Bertz CT molecular complexity index is 740. The summed E-state index contributed by atoms with van der Waals surface area (Å²) in [5.41, 5.74) is 0.207. The van der Waals surface area contributed by atoms with Gasteiger partial charge in [-0.25, -0.2) is 9.78 Å². The predicted molar refractivity (Wildman–Crippen MR) is 93.8 cm³/mol. The van der Waals surface area contributed by atoms with Gasteiger partial charge in [-0.15, -0.1) is 10.2 Å². The van der Waals surface area contributed by atoms with Crippen LogP contribution in [0.3, 0.4) is 0 Å². The van der Waals surface area contributed by atoms with Gasteiger partial charge in [0.1, 0.15) is 17.5 Å². The van der Waals surface area contributed by atoms with Gasteiger partial charge in [0.05, 0.1) is 12.1 Å². The Labute approximate surface area is 147 Å². The number of aromatic carboxylic acids is 1. The number of aromatic nitrogens is 4. The second-order valence-corrected chi connectivity index (χ2v) is 6.77. The minimum absolute atomic E-state index is 0.207. The molecule has 0 unspecified atom stereocenters. The van der Waals surface area contributed by atoms with Crippen LogP contribution in [0.1, 0.15) is 40.8 Å². The molecule has 3 rings (SSSR count). The fourth-order valence-electron chi connectivity index (χ4n) is 3.25. The molecule has 1 aliphatic rings. The van der Waals surface area contributed by atoms with E-state index in [0.717, 1.165) is 49.9 Å². The second-order valence-electron chi connectivity index (χ2n) is 6.77. The lowest BCUT2D eigenvalue weighted by Crippen LogP contribution is -2.36. The maximum atomic E-state index is 11.0. The Morgan fingerprint density at radius 2 is 2.16 bits per heavy atom. The largest absolute Gasteiger partial charge is 0.478 e. The minimum atomic E-state index is -0.955. The zero-order valence-corrected chi connectivity index (χ0v) is 14.9. The first-order chi connectivity index (χ1) is 12.0. The monoisotopic (exact) mass is 344 g/mol. The Balaban J connectivity index is 1.75. The third kappa shape index (κ3) is 3.79. The van der Waals surface area contributed by atoms with E-state index in [1.807, 2.05) is 21.1 Å². The molecule has 1 aliphatic heterocycles. The average Bonchev–Trinajstić information content (AvgIpc) is 2.95. The number of pyridine rings is 1. The van der Waals surface area contributed by atoms with Crippen LogP contribution in [0, 0.1) is 0 Å². The van der Waals surface area contributed by atoms with Crippen molar-refractivity contribution in [3.63, 3.8) is 0 Å². The van der Waals surface area contributed by atoms with Gasteiger partial charge in [-0.3, -0.25) is 0 Å². The summed E-state index contributed by atoms with van der Waals surface area (Å²) in [4.78, 5) is 19.6. The predicted octanol–water partition coefficient (Wildman–Crippen LogP) is 1.35. The van der Waals surface area contributed by atoms with Crippen molar-refractivity contribution in [2.24, 2.45) is 7.05 Å². The Kier molecular flexibility index (Phi) is 4.98. The zero-order valence-electron chi connectivity index (χ0n) is 14.9. The van der Waals surface area contributed by atoms with Crippen molar-refractivity contribution in [3.05, 3.63) is 35.5 Å². The van der Waals surface area contributed by atoms with Gasteiger partial charge in [0, 0.05) is 32.3 Å². The number of carbonyl (C=O) groups is 1. The van der Waals surface area contributed by atoms with E-state index in [1.54, 1.807) is 12.1 Å². The first kappa shape index (κ1) is 17.3. The van der Waals surface area contributed by atoms with Crippen LogP contribution in [0.15, 0.2) is 18.3 Å². The highest BCUT2D eigenvalue weighted by atomic mass is 16.4. The summed E-state index contributed by atoms with van der Waals surface area (Å²) in [6.45, 7) is 2.49. The summed E-state index contributed by atoms with van der Waals surface area (Å²) in [6, 6.07) is 3.38. The molecule has 0 spiro atoms. The lowest BCUT2D eigenvalue weighted by atomic mass is 9.97. The lowest BCUT2D eigenvalue weighted by Gasteiger charge is -2.33. The van der Waals surface area contributed by atoms with Crippen LogP contribution in [0.5, 0.6) is 0 Å². The highest BCUT2D eigenvalue weighted by molar-refractivity contribution is 5.87. The second kappa shape index (κ2) is 7.18. The van der Waals surface area contributed by atoms with Gasteiger partial charge in [-0.2, -0.15) is 0 Å². The van der Waals surface area contributed by atoms with Gasteiger partial charge >= 0.3 is 5.97 Å². The van der Waals surface area contributed by atoms with Crippen LogP contribution in [0.4, 0.5) is 5.82 Å². The molecule has 1 N–H and O–H groups in total. The smallest absolute Gasteiger partial charge is 0.337 e. The van der Waals surface area contributed by atoms with Crippen LogP contribution in [-0.4, -0.2) is 62.9 Å². The number of carboxylic acids is 1. The molecule has 8 nitrogen and oxygen atoms in total. The summed E-state index contributed by atoms with van der Waals surface area (Å²) in [6.07, 6.45) is 3.53. The first-order valence-electron chi connectivity index (χ1n) is 8.43. The normalized spacial score (nSPS) is 17.9. The molecule has 1 atom stereocenters. The number of hydrogen-bond donors (Lipinski definition) is 1. The number of hydrogen-bond acceptors (Lipinski definition) is 6. The molecule has 0 aliphatic carbocycles. The maximum absolute atomic E-state index is 11.0. The third-order valence-corrected chi connectivity index (χ3v) is 4.56. The lowest BCUT2D eigenvalue weighted by molar-refractivity contribution is 0.0696. The molecule has 0 amide bonds. The molecule has 1 saturated heterocycles. The summed E-state index contributed by atoms with van der Waals surface area (Å²) >= 11 is 0. The van der Waals surface area contributed by atoms with Crippen LogP contribution in [0.25, 0.3) is 0 Å². The van der Waals surface area contributed by atoms with Crippen LogP contribution in [-0.2, 0) is 13.6 Å². The SMILES string of the molecule is CN(C)Cc1nnc([C@H]2CCCN(c3ccc(C(=O)O)cn3)C2)n1C. The van der Waals surface area contributed by atoms with E-state index in [-0.39, 0.29) is 5.56 Å². The molecule has 0 bridgehead atoms. The molecule has 0 aromatic carbocycles. The number of anilines is 1. The van der Waals surface area contributed by atoms with E-state index >= 15 is 0 Å². The topological polar surface area (TPSA) is 87.4 Å². The number of carboxylic acid groups (broad SMARTS) is 1. The number of piperidine rings is 1. The Hall–Kier alpha value is -2.48. The standard InChI is InChI=1S/C17H24N6O2/c1-21(2)11-15-19-20-16(22(15)3)13-5-4-8-23(10-13)14-7-6-12(9-18-14)17(24)25/h6-7,9,13H,4-5,8,10-11H2,1-3H3,(H,24,25)/t13-/m0/s1. The van der Waals surface area contributed by atoms with Gasteiger partial charge in [0.15, 0.2) is 0 Å². The highest BCUT2D eigenvalue weighted by Gasteiger charge is 2.26. The molecule has 0 radical (unpaired) electrons. The molecule has 25 heavy (non-hydrogen) atoms. The van der Waals surface area contributed by atoms with E-state index in [2.05, 4.69) is 29.5 Å². The molecule has 2 aromatic rings. The van der Waals surface area contributed by atoms with E-state index < -0.39 is 5.97 Å². The fraction of sp³-hybridized carbons (Fsp3) is 0.529. The number of nitrogens with zero attached hydrogens (tertiary/aromatic N) is 6. The van der Waals surface area contributed by atoms with Gasteiger partial charge < -0.3 is 19.5 Å². The number of rotatable bonds is 5. The molecule has 134 valence electrons. The van der Waals surface area contributed by atoms with E-state index in [1.165, 1.54) is 6.20 Å². The Morgan fingerprint density at radius 1 is 1.36 bits per heavy atom. The molecule has 3 heterocycles. The molecule has 8 heteroatoms. The Morgan fingerprint density at radius 3 is 2.80 bits per heavy atom. The van der Waals surface area contributed by atoms with Crippen LogP contribution >= 0.6 is 0 Å². The summed E-state index contributed by atoms with van der Waals surface area (Å²) in [5.74, 6) is 2.11. The van der Waals surface area contributed by atoms with Crippen molar-refractivity contribution in [2.75, 3.05) is 32.1 Å². The summed E-state index contributed by atoms with van der Waals surface area (Å²) in [5, 5.41) is 17.7. The minimum Gasteiger partial charge on any atom is -0.478 e. The third-order valence-electron chi connectivity index (χ3n) is 4.56. The van der Waals surface area contributed by atoms with Gasteiger partial charge in [-0.1, -0.05) is 0 Å². The van der Waals surface area contributed by atoms with Gasteiger partial charge in [-0.05, 0) is 39.1 Å². The molecular formula is C17H24N6O2.